The van der Waals surface area contributed by atoms with E-state index < -0.39 is 7.60 Å². The zero-order valence-electron chi connectivity index (χ0n) is 12.5. The number of thiophene rings is 1. The van der Waals surface area contributed by atoms with Crippen molar-refractivity contribution in [3.8, 4) is 10.4 Å². The van der Waals surface area contributed by atoms with Crippen molar-refractivity contribution in [3.05, 3.63) is 36.4 Å². The van der Waals surface area contributed by atoms with Gasteiger partial charge in [-0.1, -0.05) is 30.3 Å². The number of hydrogen-bond donors (Lipinski definition) is 1. The standard InChI is InChI=1S/C15H20NO3PS/c1-4-18-20(17,19-5-2)15-13(16-3)11-14(21-15)12-9-7-6-8-10-12/h6-11,16H,4-5H2,1-3H3. The van der Waals surface area contributed by atoms with Gasteiger partial charge < -0.3 is 14.4 Å². The highest BCUT2D eigenvalue weighted by atomic mass is 32.1. The third-order valence-corrected chi connectivity index (χ3v) is 6.75. The summed E-state index contributed by atoms with van der Waals surface area (Å²) in [5, 5.41) is 3.09. The molecular formula is C15H20NO3PS. The molecule has 0 aliphatic rings. The summed E-state index contributed by atoms with van der Waals surface area (Å²) >= 11 is 1.45. The van der Waals surface area contributed by atoms with Crippen LogP contribution in [0.1, 0.15) is 13.8 Å². The van der Waals surface area contributed by atoms with Crippen molar-refractivity contribution in [1.82, 2.24) is 0 Å². The van der Waals surface area contributed by atoms with Crippen LogP contribution in [0.4, 0.5) is 5.69 Å². The first-order chi connectivity index (χ1) is 10.1. The molecule has 1 N–H and O–H groups in total. The Morgan fingerprint density at radius 2 is 1.76 bits per heavy atom. The lowest BCUT2D eigenvalue weighted by Gasteiger charge is -2.16. The van der Waals surface area contributed by atoms with Crippen molar-refractivity contribution in [1.29, 1.82) is 0 Å². The largest absolute Gasteiger partial charge is 0.387 e. The highest BCUT2D eigenvalue weighted by Crippen LogP contribution is 2.52. The fraction of sp³-hybridized carbons (Fsp3) is 0.333. The van der Waals surface area contributed by atoms with Gasteiger partial charge in [-0.3, -0.25) is 4.57 Å². The molecule has 0 spiro atoms. The second-order valence-electron chi connectivity index (χ2n) is 4.28. The van der Waals surface area contributed by atoms with Gasteiger partial charge in [0.25, 0.3) is 0 Å². The Morgan fingerprint density at radius 3 is 2.29 bits per heavy atom. The van der Waals surface area contributed by atoms with Crippen LogP contribution in [0.3, 0.4) is 0 Å². The zero-order chi connectivity index (χ0) is 15.3. The van der Waals surface area contributed by atoms with Crippen molar-refractivity contribution >= 4 is 29.2 Å². The maximum Gasteiger partial charge on any atom is 0.373 e. The second-order valence-corrected chi connectivity index (χ2v) is 7.59. The number of anilines is 1. The van der Waals surface area contributed by atoms with E-state index in [9.17, 15) is 4.57 Å². The van der Waals surface area contributed by atoms with Crippen molar-refractivity contribution < 1.29 is 13.6 Å². The summed E-state index contributed by atoms with van der Waals surface area (Å²) in [4.78, 5) is 1.04. The van der Waals surface area contributed by atoms with Crippen LogP contribution in [0.5, 0.6) is 0 Å². The smallest absolute Gasteiger partial charge is 0.373 e. The monoisotopic (exact) mass is 325 g/mol. The predicted molar refractivity (Wildman–Crippen MR) is 89.8 cm³/mol. The molecule has 0 amide bonds. The van der Waals surface area contributed by atoms with Gasteiger partial charge in [-0.25, -0.2) is 0 Å². The van der Waals surface area contributed by atoms with Crippen LogP contribution in [0.25, 0.3) is 10.4 Å². The summed E-state index contributed by atoms with van der Waals surface area (Å²) in [6.07, 6.45) is 0. The SMILES string of the molecule is CCOP(=O)(OCC)c1sc(-c2ccccc2)cc1NC. The average molecular weight is 325 g/mol. The Balaban J connectivity index is 2.48. The van der Waals surface area contributed by atoms with Crippen LogP contribution in [0.15, 0.2) is 36.4 Å². The highest BCUT2D eigenvalue weighted by Gasteiger charge is 2.32. The van der Waals surface area contributed by atoms with Crippen molar-refractivity contribution in [2.45, 2.75) is 13.8 Å². The molecule has 6 heteroatoms. The van der Waals surface area contributed by atoms with E-state index in [2.05, 4.69) is 5.32 Å². The topological polar surface area (TPSA) is 47.6 Å². The Labute approximate surface area is 129 Å². The van der Waals surface area contributed by atoms with Gasteiger partial charge in [-0.2, -0.15) is 0 Å². The quantitative estimate of drug-likeness (QED) is 0.769. The summed E-state index contributed by atoms with van der Waals surface area (Å²) in [5.41, 5.74) is 1.88. The Morgan fingerprint density at radius 1 is 1.14 bits per heavy atom. The minimum atomic E-state index is -3.27. The normalized spacial score (nSPS) is 11.6. The van der Waals surface area contributed by atoms with Gasteiger partial charge in [-0.05, 0) is 25.5 Å². The van der Waals surface area contributed by atoms with Crippen LogP contribution in [-0.4, -0.2) is 20.3 Å². The minimum absolute atomic E-state index is 0.346. The molecule has 4 nitrogen and oxygen atoms in total. The molecule has 0 atom stereocenters. The maximum atomic E-state index is 13.0. The van der Waals surface area contributed by atoms with Gasteiger partial charge in [0.05, 0.1) is 18.9 Å². The van der Waals surface area contributed by atoms with Crippen LogP contribution >= 0.6 is 18.9 Å². The molecule has 1 aromatic heterocycles. The lowest BCUT2D eigenvalue weighted by Crippen LogP contribution is -2.10. The van der Waals surface area contributed by atoms with E-state index >= 15 is 0 Å². The molecule has 0 aliphatic heterocycles. The Bertz CT molecular complexity index is 617. The Kier molecular flexibility index (Phi) is 5.59. The molecular weight excluding hydrogens is 305 g/mol. The molecule has 1 aromatic carbocycles. The average Bonchev–Trinajstić information content (AvgIpc) is 2.94. The van der Waals surface area contributed by atoms with Crippen LogP contribution in [0.2, 0.25) is 0 Å². The molecule has 2 aromatic rings. The first kappa shape index (κ1) is 16.2. The molecule has 0 saturated carbocycles. The molecule has 21 heavy (non-hydrogen) atoms. The first-order valence-corrected chi connectivity index (χ1v) is 9.27. The summed E-state index contributed by atoms with van der Waals surface area (Å²) in [6.45, 7) is 4.32. The van der Waals surface area contributed by atoms with Crippen molar-refractivity contribution in [3.63, 3.8) is 0 Å². The third-order valence-electron chi connectivity index (χ3n) is 2.89. The number of nitrogens with one attached hydrogen (secondary N) is 1. The Hall–Kier alpha value is -1.13. The number of hydrogen-bond acceptors (Lipinski definition) is 5. The lowest BCUT2D eigenvalue weighted by atomic mass is 10.2. The van der Waals surface area contributed by atoms with Gasteiger partial charge in [0.15, 0.2) is 0 Å². The first-order valence-electron chi connectivity index (χ1n) is 6.91. The molecule has 0 saturated heterocycles. The number of benzene rings is 1. The highest BCUT2D eigenvalue weighted by molar-refractivity contribution is 7.69. The molecule has 2 rings (SSSR count). The van der Waals surface area contributed by atoms with E-state index in [1.807, 2.05) is 57.3 Å². The van der Waals surface area contributed by atoms with Gasteiger partial charge in [0.1, 0.15) is 4.62 Å². The van der Waals surface area contributed by atoms with E-state index in [4.69, 9.17) is 9.05 Å². The molecule has 0 radical (unpaired) electrons. The van der Waals surface area contributed by atoms with Crippen LogP contribution in [0, 0.1) is 0 Å². The van der Waals surface area contributed by atoms with Gasteiger partial charge in [0.2, 0.25) is 0 Å². The molecule has 0 unspecified atom stereocenters. The molecule has 114 valence electrons. The molecule has 1 heterocycles. The summed E-state index contributed by atoms with van der Waals surface area (Å²) in [5.74, 6) is 0. The van der Waals surface area contributed by atoms with Gasteiger partial charge in [0, 0.05) is 11.9 Å². The van der Waals surface area contributed by atoms with E-state index in [-0.39, 0.29) is 0 Å². The molecule has 0 aliphatic carbocycles. The zero-order valence-corrected chi connectivity index (χ0v) is 14.2. The van der Waals surface area contributed by atoms with Gasteiger partial charge >= 0.3 is 7.60 Å². The summed E-state index contributed by atoms with van der Waals surface area (Å²) < 4.78 is 24.5. The molecule has 0 bridgehead atoms. The van der Waals surface area contributed by atoms with E-state index in [0.717, 1.165) is 16.1 Å². The number of rotatable bonds is 7. The van der Waals surface area contributed by atoms with Crippen molar-refractivity contribution in [2.24, 2.45) is 0 Å². The summed E-state index contributed by atoms with van der Waals surface area (Å²) in [6, 6.07) is 12.0. The van der Waals surface area contributed by atoms with Gasteiger partial charge in [-0.15, -0.1) is 11.3 Å². The maximum absolute atomic E-state index is 13.0. The third kappa shape index (κ3) is 3.55. The van der Waals surface area contributed by atoms with Crippen LogP contribution < -0.4 is 9.94 Å². The van der Waals surface area contributed by atoms with E-state index in [1.54, 1.807) is 0 Å². The van der Waals surface area contributed by atoms with E-state index in [0.29, 0.717) is 17.8 Å². The van der Waals surface area contributed by atoms with Crippen molar-refractivity contribution in [2.75, 3.05) is 25.6 Å². The summed E-state index contributed by atoms with van der Waals surface area (Å²) in [7, 11) is -1.46. The lowest BCUT2D eigenvalue weighted by molar-refractivity contribution is 0.230. The van der Waals surface area contributed by atoms with Crippen LogP contribution in [-0.2, 0) is 13.6 Å². The second kappa shape index (κ2) is 7.23. The fourth-order valence-electron chi connectivity index (χ4n) is 2.00. The fourth-order valence-corrected chi connectivity index (χ4v) is 5.43. The molecule has 0 fully saturated rings. The van der Waals surface area contributed by atoms with E-state index in [1.165, 1.54) is 11.3 Å². The minimum Gasteiger partial charge on any atom is -0.387 e. The predicted octanol–water partition coefficient (Wildman–Crippen LogP) is 4.35.